The van der Waals surface area contributed by atoms with E-state index in [1.54, 1.807) is 0 Å². The van der Waals surface area contributed by atoms with Gasteiger partial charge >= 0.3 is 0 Å². The monoisotopic (exact) mass is 213 g/mol. The second kappa shape index (κ2) is 5.08. The molecule has 0 saturated carbocycles. The highest BCUT2D eigenvalue weighted by Gasteiger charge is 2.03. The molecule has 0 aromatic rings. The quantitative estimate of drug-likeness (QED) is 0.538. The minimum absolute atomic E-state index is 0.187. The summed E-state index contributed by atoms with van der Waals surface area (Å²) >= 11 is 1.86. The Balaban J connectivity index is 3.27. The van der Waals surface area contributed by atoms with Crippen molar-refractivity contribution in [3.63, 3.8) is 0 Å². The lowest BCUT2D eigenvalue weighted by atomic mass is 10.5. The molecule has 1 atom stereocenters. The third-order valence-corrected chi connectivity index (χ3v) is 1.49. The Morgan fingerprint density at radius 2 is 2.44 bits per heavy atom. The summed E-state index contributed by atoms with van der Waals surface area (Å²) in [5.41, 5.74) is 0. The van der Waals surface area contributed by atoms with Crippen LogP contribution in [0.4, 0.5) is 0 Å². The summed E-state index contributed by atoms with van der Waals surface area (Å²) in [4.78, 5) is 10.5. The highest BCUT2D eigenvalue weighted by Crippen LogP contribution is 1.87. The van der Waals surface area contributed by atoms with Crippen LogP contribution in [0.25, 0.3) is 0 Å². The van der Waals surface area contributed by atoms with Gasteiger partial charge in [-0.15, -0.1) is 0 Å². The van der Waals surface area contributed by atoms with Gasteiger partial charge in [-0.3, -0.25) is 4.79 Å². The van der Waals surface area contributed by atoms with E-state index in [4.69, 9.17) is 0 Å². The van der Waals surface area contributed by atoms with Crippen molar-refractivity contribution in [3.05, 3.63) is 0 Å². The fourth-order valence-corrected chi connectivity index (χ4v) is 1.08. The standard InChI is InChI=1S/C4H8BrNO2S/c1-9(8)6-4(7)2-3-5/h2-3H2,1H3,(H,6,7). The molecule has 1 N–H and O–H groups in total. The summed E-state index contributed by atoms with van der Waals surface area (Å²) in [6.45, 7) is 0. The Morgan fingerprint density at radius 1 is 1.89 bits per heavy atom. The van der Waals surface area contributed by atoms with Crippen LogP contribution in [0.15, 0.2) is 0 Å². The predicted octanol–water partition coefficient (Wildman–Crippen LogP) is 0.181. The van der Waals surface area contributed by atoms with Crippen molar-refractivity contribution in [3.8, 4) is 0 Å². The third kappa shape index (κ3) is 6.14. The smallest absolute Gasteiger partial charge is 0.261 e. The molecule has 0 fully saturated rings. The molecule has 0 saturated heterocycles. The molecule has 0 bridgehead atoms. The Labute approximate surface area is 65.6 Å². The predicted molar refractivity (Wildman–Crippen MR) is 40.6 cm³/mol. The van der Waals surface area contributed by atoms with Gasteiger partial charge in [-0.1, -0.05) is 15.9 Å². The summed E-state index contributed by atoms with van der Waals surface area (Å²) in [7, 11) is 0. The van der Waals surface area contributed by atoms with E-state index in [1.807, 2.05) is 0 Å². The van der Waals surface area contributed by atoms with Gasteiger partial charge < -0.3 is 4.55 Å². The molecular formula is C4H8BrNO2S. The summed E-state index contributed by atoms with van der Waals surface area (Å²) < 4.78 is 12.5. The molecule has 0 aromatic heterocycles. The van der Waals surface area contributed by atoms with Crippen LogP contribution >= 0.6 is 15.9 Å². The number of carbonyl (C=O) groups is 1. The van der Waals surface area contributed by atoms with Crippen molar-refractivity contribution in [1.29, 1.82) is 0 Å². The maximum absolute atomic E-state index is 10.5. The molecule has 9 heavy (non-hydrogen) atoms. The van der Waals surface area contributed by atoms with Gasteiger partial charge in [-0.25, -0.2) is 0 Å². The van der Waals surface area contributed by atoms with Crippen LogP contribution in [0.1, 0.15) is 6.42 Å². The van der Waals surface area contributed by atoms with Crippen molar-refractivity contribution in [2.45, 2.75) is 6.42 Å². The van der Waals surface area contributed by atoms with Gasteiger partial charge in [0.1, 0.15) is 6.26 Å². The van der Waals surface area contributed by atoms with E-state index in [-0.39, 0.29) is 5.91 Å². The number of halogens is 1. The molecule has 0 radical (unpaired) electrons. The van der Waals surface area contributed by atoms with Crippen molar-refractivity contribution in [2.75, 3.05) is 11.6 Å². The van der Waals surface area contributed by atoms with E-state index in [2.05, 4.69) is 20.7 Å². The normalized spacial score (nSPS) is 12.8. The van der Waals surface area contributed by atoms with Gasteiger partial charge in [0.25, 0.3) is 5.91 Å². The minimum Gasteiger partial charge on any atom is -0.593 e. The fourth-order valence-electron chi connectivity index (χ4n) is 0.297. The first-order valence-corrected chi connectivity index (χ1v) is 5.03. The van der Waals surface area contributed by atoms with Gasteiger partial charge in [0, 0.05) is 11.8 Å². The zero-order valence-electron chi connectivity index (χ0n) is 5.02. The lowest BCUT2D eigenvalue weighted by molar-refractivity contribution is -0.118. The maximum atomic E-state index is 10.5. The lowest BCUT2D eigenvalue weighted by Crippen LogP contribution is -2.29. The number of amides is 1. The molecule has 1 unspecified atom stereocenters. The zero-order chi connectivity index (χ0) is 7.28. The largest absolute Gasteiger partial charge is 0.593 e. The molecule has 0 rings (SSSR count). The molecule has 0 aliphatic carbocycles. The first-order chi connectivity index (χ1) is 4.16. The molecule has 0 aromatic carbocycles. The maximum Gasteiger partial charge on any atom is 0.261 e. The van der Waals surface area contributed by atoms with Gasteiger partial charge in [0.05, 0.1) is 11.4 Å². The summed E-state index contributed by atoms with van der Waals surface area (Å²) in [5, 5.41) is 0.607. The van der Waals surface area contributed by atoms with E-state index < -0.39 is 11.4 Å². The average molecular weight is 214 g/mol. The van der Waals surface area contributed by atoms with Crippen molar-refractivity contribution < 1.29 is 9.35 Å². The van der Waals surface area contributed by atoms with Crippen LogP contribution < -0.4 is 4.72 Å². The molecule has 1 amide bonds. The Bertz CT molecular complexity index is 98.6. The topological polar surface area (TPSA) is 52.2 Å². The average Bonchev–Trinajstić information content (AvgIpc) is 1.63. The van der Waals surface area contributed by atoms with Crippen LogP contribution in [0.2, 0.25) is 0 Å². The molecule has 0 heterocycles. The molecule has 3 nitrogen and oxygen atoms in total. The van der Waals surface area contributed by atoms with Gasteiger partial charge in [-0.2, -0.15) is 4.72 Å². The molecule has 0 spiro atoms. The van der Waals surface area contributed by atoms with E-state index in [0.29, 0.717) is 11.8 Å². The van der Waals surface area contributed by atoms with Crippen molar-refractivity contribution >= 4 is 33.2 Å². The summed E-state index contributed by atoms with van der Waals surface area (Å²) in [6.07, 6.45) is 1.80. The molecule has 0 aliphatic rings. The van der Waals surface area contributed by atoms with Gasteiger partial charge in [0.2, 0.25) is 0 Å². The van der Waals surface area contributed by atoms with E-state index in [0.717, 1.165) is 0 Å². The van der Waals surface area contributed by atoms with Crippen LogP contribution in [0, 0.1) is 0 Å². The third-order valence-electron chi connectivity index (χ3n) is 0.579. The number of hydrogen-bond acceptors (Lipinski definition) is 2. The number of carbonyl (C=O) groups excluding carboxylic acids is 1. The highest BCUT2D eigenvalue weighted by molar-refractivity contribution is 9.09. The molecule has 0 aliphatic heterocycles. The number of hydrogen-bond donors (Lipinski definition) is 1. The minimum atomic E-state index is -1.22. The van der Waals surface area contributed by atoms with E-state index >= 15 is 0 Å². The van der Waals surface area contributed by atoms with Crippen LogP contribution in [0.5, 0.6) is 0 Å². The number of nitrogens with one attached hydrogen (secondary N) is 1. The Morgan fingerprint density at radius 3 is 2.78 bits per heavy atom. The van der Waals surface area contributed by atoms with Crippen molar-refractivity contribution in [1.82, 2.24) is 4.72 Å². The van der Waals surface area contributed by atoms with Crippen molar-refractivity contribution in [2.24, 2.45) is 0 Å². The van der Waals surface area contributed by atoms with Gasteiger partial charge in [-0.05, 0) is 0 Å². The highest BCUT2D eigenvalue weighted by atomic mass is 79.9. The summed E-state index contributed by atoms with van der Waals surface area (Å²) in [6, 6.07) is 0. The first-order valence-electron chi connectivity index (χ1n) is 2.35. The molecule has 5 heteroatoms. The number of rotatable bonds is 3. The molecule has 54 valence electrons. The SMILES string of the molecule is C[S+]([O-])NC(=O)CCBr. The number of alkyl halides is 1. The molecular weight excluding hydrogens is 206 g/mol. The second-order valence-corrected chi connectivity index (χ2v) is 3.32. The van der Waals surface area contributed by atoms with Gasteiger partial charge in [0.15, 0.2) is 0 Å². The van der Waals surface area contributed by atoms with Crippen LogP contribution in [0.3, 0.4) is 0 Å². The second-order valence-electron chi connectivity index (χ2n) is 1.42. The fraction of sp³-hybridized carbons (Fsp3) is 0.750. The zero-order valence-corrected chi connectivity index (χ0v) is 7.42. The van der Waals surface area contributed by atoms with E-state index in [9.17, 15) is 9.35 Å². The van der Waals surface area contributed by atoms with Crippen LogP contribution in [-0.4, -0.2) is 22.0 Å². The van der Waals surface area contributed by atoms with Crippen LogP contribution in [-0.2, 0) is 16.2 Å². The first kappa shape index (κ1) is 9.26. The lowest BCUT2D eigenvalue weighted by Gasteiger charge is -2.02. The van der Waals surface area contributed by atoms with E-state index in [1.165, 1.54) is 6.26 Å². The summed E-state index contributed by atoms with van der Waals surface area (Å²) in [5.74, 6) is -0.187. The Kier molecular flexibility index (Phi) is 5.22. The Hall–Kier alpha value is 0.260.